The number of amides is 2. The number of halogens is 1. The fourth-order valence-corrected chi connectivity index (χ4v) is 3.74. The summed E-state index contributed by atoms with van der Waals surface area (Å²) in [4.78, 5) is 26.1. The van der Waals surface area contributed by atoms with Crippen LogP contribution in [0, 0.1) is 0 Å². The molecule has 5 nitrogen and oxygen atoms in total. The van der Waals surface area contributed by atoms with Crippen LogP contribution in [-0.2, 0) is 4.79 Å². The van der Waals surface area contributed by atoms with Gasteiger partial charge in [0.1, 0.15) is 5.75 Å². The third kappa shape index (κ3) is 4.37. The van der Waals surface area contributed by atoms with E-state index in [1.54, 1.807) is 30.0 Å². The monoisotopic (exact) mass is 454 g/mol. The number of anilines is 2. The molecule has 0 spiro atoms. The zero-order valence-corrected chi connectivity index (χ0v) is 17.0. The molecule has 1 aliphatic rings. The SMILES string of the molecule is O=C1COc2cc(C(=O)Nc3ccc(Sc4ccc(Br)cc4)cc3)ccc2N1. The molecule has 0 unspecified atom stereocenters. The van der Waals surface area contributed by atoms with Crippen molar-refractivity contribution in [2.24, 2.45) is 0 Å². The summed E-state index contributed by atoms with van der Waals surface area (Å²) >= 11 is 5.08. The maximum Gasteiger partial charge on any atom is 0.262 e. The minimum atomic E-state index is -0.239. The van der Waals surface area contributed by atoms with Crippen LogP contribution in [0.2, 0.25) is 0 Å². The molecule has 0 aliphatic carbocycles. The van der Waals surface area contributed by atoms with Crippen molar-refractivity contribution in [2.45, 2.75) is 9.79 Å². The van der Waals surface area contributed by atoms with Gasteiger partial charge in [0.05, 0.1) is 5.69 Å². The van der Waals surface area contributed by atoms with E-state index in [4.69, 9.17) is 4.74 Å². The molecule has 3 aromatic rings. The number of carbonyl (C=O) groups excluding carboxylic acids is 2. The molecule has 0 saturated carbocycles. The van der Waals surface area contributed by atoms with Gasteiger partial charge in [-0.05, 0) is 66.7 Å². The largest absolute Gasteiger partial charge is 0.482 e. The maximum absolute atomic E-state index is 12.5. The highest BCUT2D eigenvalue weighted by Gasteiger charge is 2.17. The summed E-state index contributed by atoms with van der Waals surface area (Å²) in [7, 11) is 0. The van der Waals surface area contributed by atoms with Gasteiger partial charge in [0.15, 0.2) is 6.61 Å². The molecule has 1 aliphatic heterocycles. The number of hydrogen-bond acceptors (Lipinski definition) is 4. The molecule has 0 fully saturated rings. The van der Waals surface area contributed by atoms with Crippen LogP contribution < -0.4 is 15.4 Å². The molecule has 7 heteroatoms. The summed E-state index contributed by atoms with van der Waals surface area (Å²) in [5, 5.41) is 5.58. The molecule has 0 atom stereocenters. The number of benzene rings is 3. The third-order valence-corrected chi connectivity index (χ3v) is 5.58. The standard InChI is InChI=1S/C21H15BrN2O3S/c22-14-2-6-16(7-3-14)28-17-8-4-15(5-9-17)23-21(26)13-1-10-18-19(11-13)27-12-20(25)24-18/h1-11H,12H2,(H,23,26)(H,24,25). The molecule has 0 bridgehead atoms. The van der Waals surface area contributed by atoms with Crippen molar-refractivity contribution in [1.82, 2.24) is 0 Å². The Morgan fingerprint density at radius 2 is 1.68 bits per heavy atom. The lowest BCUT2D eigenvalue weighted by Crippen LogP contribution is -2.25. The molecule has 2 amide bonds. The van der Waals surface area contributed by atoms with Gasteiger partial charge >= 0.3 is 0 Å². The average molecular weight is 455 g/mol. The van der Waals surface area contributed by atoms with E-state index in [2.05, 4.69) is 26.6 Å². The van der Waals surface area contributed by atoms with Gasteiger partial charge in [-0.15, -0.1) is 0 Å². The lowest BCUT2D eigenvalue weighted by molar-refractivity contribution is -0.118. The van der Waals surface area contributed by atoms with Crippen molar-refractivity contribution in [3.8, 4) is 5.75 Å². The molecular weight excluding hydrogens is 440 g/mol. The maximum atomic E-state index is 12.5. The van der Waals surface area contributed by atoms with Gasteiger partial charge in [0, 0.05) is 25.5 Å². The van der Waals surface area contributed by atoms with Crippen molar-refractivity contribution in [3.63, 3.8) is 0 Å². The average Bonchev–Trinajstić information content (AvgIpc) is 2.70. The molecule has 1 heterocycles. The summed E-state index contributed by atoms with van der Waals surface area (Å²) in [5.74, 6) is 0.0518. The molecule has 0 saturated heterocycles. The van der Waals surface area contributed by atoms with Crippen molar-refractivity contribution < 1.29 is 14.3 Å². The van der Waals surface area contributed by atoms with Crippen LogP contribution in [0.3, 0.4) is 0 Å². The smallest absolute Gasteiger partial charge is 0.262 e. The lowest BCUT2D eigenvalue weighted by Gasteiger charge is -2.18. The Kier molecular flexibility index (Phi) is 5.36. The first-order chi connectivity index (χ1) is 13.6. The summed E-state index contributed by atoms with van der Waals surface area (Å²) < 4.78 is 6.40. The Hall–Kier alpha value is -2.77. The molecule has 0 aromatic heterocycles. The minimum absolute atomic E-state index is 0.0461. The van der Waals surface area contributed by atoms with Crippen molar-refractivity contribution >= 4 is 50.9 Å². The molecule has 140 valence electrons. The Morgan fingerprint density at radius 3 is 2.39 bits per heavy atom. The summed E-state index contributed by atoms with van der Waals surface area (Å²) in [6.07, 6.45) is 0. The van der Waals surface area contributed by atoms with E-state index < -0.39 is 0 Å². The summed E-state index contributed by atoms with van der Waals surface area (Å²) in [6, 6.07) is 20.7. The van der Waals surface area contributed by atoms with E-state index in [1.165, 1.54) is 0 Å². The van der Waals surface area contributed by atoms with Crippen molar-refractivity contribution in [1.29, 1.82) is 0 Å². The van der Waals surface area contributed by atoms with E-state index in [-0.39, 0.29) is 18.4 Å². The van der Waals surface area contributed by atoms with Crippen LogP contribution in [0.1, 0.15) is 10.4 Å². The van der Waals surface area contributed by atoms with Crippen LogP contribution in [0.4, 0.5) is 11.4 Å². The van der Waals surface area contributed by atoms with Crippen molar-refractivity contribution in [3.05, 3.63) is 76.8 Å². The lowest BCUT2D eigenvalue weighted by atomic mass is 10.1. The number of hydrogen-bond donors (Lipinski definition) is 2. The van der Waals surface area contributed by atoms with E-state index >= 15 is 0 Å². The van der Waals surface area contributed by atoms with Gasteiger partial charge in [0.2, 0.25) is 0 Å². The van der Waals surface area contributed by atoms with Crippen LogP contribution in [0.5, 0.6) is 5.75 Å². The second-order valence-corrected chi connectivity index (χ2v) is 8.14. The first kappa shape index (κ1) is 18.6. The highest BCUT2D eigenvalue weighted by atomic mass is 79.9. The fraction of sp³-hybridized carbons (Fsp3) is 0.0476. The van der Waals surface area contributed by atoms with E-state index in [0.29, 0.717) is 22.7 Å². The van der Waals surface area contributed by atoms with Gasteiger partial charge in [-0.3, -0.25) is 9.59 Å². The number of fused-ring (bicyclic) bond motifs is 1. The van der Waals surface area contributed by atoms with Gasteiger partial charge in [-0.25, -0.2) is 0 Å². The van der Waals surface area contributed by atoms with Crippen LogP contribution in [-0.4, -0.2) is 18.4 Å². The third-order valence-electron chi connectivity index (χ3n) is 4.04. The summed E-state index contributed by atoms with van der Waals surface area (Å²) in [5.41, 5.74) is 1.74. The molecule has 3 aromatic carbocycles. The number of carbonyl (C=O) groups is 2. The van der Waals surface area contributed by atoms with Gasteiger partial charge in [-0.1, -0.05) is 27.7 Å². The van der Waals surface area contributed by atoms with E-state index in [0.717, 1.165) is 14.3 Å². The first-order valence-electron chi connectivity index (χ1n) is 8.48. The Labute approximate surface area is 174 Å². The minimum Gasteiger partial charge on any atom is -0.482 e. The van der Waals surface area contributed by atoms with E-state index in [9.17, 15) is 9.59 Å². The van der Waals surface area contributed by atoms with Crippen LogP contribution >= 0.6 is 27.7 Å². The molecular formula is C21H15BrN2O3S. The number of ether oxygens (including phenoxy) is 1. The number of nitrogens with one attached hydrogen (secondary N) is 2. The highest BCUT2D eigenvalue weighted by Crippen LogP contribution is 2.30. The zero-order chi connectivity index (χ0) is 19.5. The van der Waals surface area contributed by atoms with Crippen LogP contribution in [0.25, 0.3) is 0 Å². The summed E-state index contributed by atoms with van der Waals surface area (Å²) in [6.45, 7) is -0.0461. The van der Waals surface area contributed by atoms with E-state index in [1.807, 2.05) is 48.5 Å². The highest BCUT2D eigenvalue weighted by molar-refractivity contribution is 9.10. The predicted octanol–water partition coefficient (Wildman–Crippen LogP) is 5.18. The molecule has 2 N–H and O–H groups in total. The Morgan fingerprint density at radius 1 is 1.00 bits per heavy atom. The molecule has 4 rings (SSSR count). The van der Waals surface area contributed by atoms with Gasteiger partial charge in [0.25, 0.3) is 11.8 Å². The van der Waals surface area contributed by atoms with Crippen LogP contribution in [0.15, 0.2) is 81.0 Å². The predicted molar refractivity (Wildman–Crippen MR) is 113 cm³/mol. The molecule has 0 radical (unpaired) electrons. The molecule has 28 heavy (non-hydrogen) atoms. The Bertz CT molecular complexity index is 1040. The second kappa shape index (κ2) is 8.08. The Balaban J connectivity index is 1.42. The second-order valence-electron chi connectivity index (χ2n) is 6.08. The van der Waals surface area contributed by atoms with Gasteiger partial charge < -0.3 is 15.4 Å². The first-order valence-corrected chi connectivity index (χ1v) is 10.1. The van der Waals surface area contributed by atoms with Gasteiger partial charge in [-0.2, -0.15) is 0 Å². The topological polar surface area (TPSA) is 67.4 Å². The normalized spacial score (nSPS) is 12.5. The quantitative estimate of drug-likeness (QED) is 0.569. The number of rotatable bonds is 4. The van der Waals surface area contributed by atoms with Crippen molar-refractivity contribution in [2.75, 3.05) is 17.2 Å². The zero-order valence-electron chi connectivity index (χ0n) is 14.6. The fourth-order valence-electron chi connectivity index (χ4n) is 2.66.